The van der Waals surface area contributed by atoms with Gasteiger partial charge in [0.1, 0.15) is 5.82 Å². The maximum absolute atomic E-state index is 12.9. The third-order valence-corrected chi connectivity index (χ3v) is 5.82. The van der Waals surface area contributed by atoms with Crippen molar-refractivity contribution in [2.75, 3.05) is 11.1 Å². The second kappa shape index (κ2) is 9.12. The van der Waals surface area contributed by atoms with Gasteiger partial charge in [-0.25, -0.2) is 9.37 Å². The minimum absolute atomic E-state index is 0.0998. The Bertz CT molecular complexity index is 943. The van der Waals surface area contributed by atoms with Gasteiger partial charge in [0.05, 0.1) is 17.9 Å². The molecule has 3 aromatic rings. The van der Waals surface area contributed by atoms with Crippen LogP contribution in [0.5, 0.6) is 0 Å². The number of thiazole rings is 1. The first-order valence-electron chi connectivity index (χ1n) is 7.91. The Morgan fingerprint density at radius 2 is 1.81 bits per heavy atom. The van der Waals surface area contributed by atoms with E-state index < -0.39 is 0 Å². The summed E-state index contributed by atoms with van der Waals surface area (Å²) in [7, 11) is 0. The number of benzene rings is 2. The number of carbonyl (C=O) groups is 2. The van der Waals surface area contributed by atoms with E-state index in [0.717, 1.165) is 0 Å². The van der Waals surface area contributed by atoms with E-state index in [-0.39, 0.29) is 29.7 Å². The number of carbonyl (C=O) groups excluding carboxylic acids is 2. The van der Waals surface area contributed by atoms with Crippen molar-refractivity contribution in [2.45, 2.75) is 10.8 Å². The Hall–Kier alpha value is -2.22. The fraction of sp³-hybridized carbons (Fsp3) is 0.105. The fourth-order valence-electron chi connectivity index (χ4n) is 2.19. The zero-order valence-corrected chi connectivity index (χ0v) is 16.3. The summed E-state index contributed by atoms with van der Waals surface area (Å²) in [5.74, 6) is -0.449. The van der Waals surface area contributed by atoms with Crippen LogP contribution in [0.1, 0.15) is 16.1 Å². The van der Waals surface area contributed by atoms with Gasteiger partial charge in [-0.3, -0.25) is 9.59 Å². The number of nitrogens with zero attached hydrogens (tertiary/aromatic N) is 1. The average molecular weight is 421 g/mol. The molecule has 0 aliphatic heterocycles. The van der Waals surface area contributed by atoms with Gasteiger partial charge in [0.15, 0.2) is 10.1 Å². The summed E-state index contributed by atoms with van der Waals surface area (Å²) in [5, 5.41) is 5.18. The number of nitrogens with one attached hydrogen (secondary N) is 1. The minimum atomic E-state index is -0.374. The summed E-state index contributed by atoms with van der Waals surface area (Å²) in [5.41, 5.74) is 1.77. The summed E-state index contributed by atoms with van der Waals surface area (Å²) < 4.78 is 13.6. The van der Waals surface area contributed by atoms with Gasteiger partial charge in [-0.1, -0.05) is 23.4 Å². The van der Waals surface area contributed by atoms with Gasteiger partial charge in [0.2, 0.25) is 5.91 Å². The number of halogens is 2. The van der Waals surface area contributed by atoms with Crippen molar-refractivity contribution in [1.82, 2.24) is 4.98 Å². The average Bonchev–Trinajstić information content (AvgIpc) is 3.09. The van der Waals surface area contributed by atoms with Crippen molar-refractivity contribution in [1.29, 1.82) is 0 Å². The molecule has 0 atom stereocenters. The van der Waals surface area contributed by atoms with E-state index in [0.29, 0.717) is 26.3 Å². The minimum Gasteiger partial charge on any atom is -0.326 e. The lowest BCUT2D eigenvalue weighted by atomic mass is 10.1. The van der Waals surface area contributed by atoms with E-state index in [4.69, 9.17) is 11.6 Å². The first-order chi connectivity index (χ1) is 13.0. The molecule has 0 radical (unpaired) electrons. The van der Waals surface area contributed by atoms with Crippen molar-refractivity contribution in [2.24, 2.45) is 0 Å². The third-order valence-electron chi connectivity index (χ3n) is 3.49. The molecule has 138 valence electrons. The van der Waals surface area contributed by atoms with E-state index in [1.54, 1.807) is 29.6 Å². The van der Waals surface area contributed by atoms with Crippen molar-refractivity contribution in [3.8, 4) is 0 Å². The SMILES string of the molecule is O=C(Cc1csc(SCC(=O)c2ccc(F)cc2)n1)Nc1ccc(Cl)cc1. The lowest BCUT2D eigenvalue weighted by molar-refractivity contribution is -0.115. The smallest absolute Gasteiger partial charge is 0.230 e. The Labute approximate surface area is 168 Å². The number of hydrogen-bond acceptors (Lipinski definition) is 5. The number of rotatable bonds is 7. The van der Waals surface area contributed by atoms with Crippen molar-refractivity contribution < 1.29 is 14.0 Å². The van der Waals surface area contributed by atoms with E-state index in [2.05, 4.69) is 10.3 Å². The van der Waals surface area contributed by atoms with Crippen molar-refractivity contribution in [3.63, 3.8) is 0 Å². The predicted molar refractivity (Wildman–Crippen MR) is 107 cm³/mol. The van der Waals surface area contributed by atoms with Crippen LogP contribution in [0.2, 0.25) is 5.02 Å². The normalized spacial score (nSPS) is 10.6. The van der Waals surface area contributed by atoms with Gasteiger partial charge >= 0.3 is 0 Å². The molecule has 1 N–H and O–H groups in total. The molecule has 0 spiro atoms. The number of amides is 1. The topological polar surface area (TPSA) is 59.1 Å². The van der Waals surface area contributed by atoms with E-state index >= 15 is 0 Å². The number of Topliss-reactive ketones (excluding diaryl/α,β-unsaturated/α-hetero) is 1. The van der Waals surface area contributed by atoms with Crippen LogP contribution in [0.3, 0.4) is 0 Å². The highest BCUT2D eigenvalue weighted by Crippen LogP contribution is 2.24. The maximum atomic E-state index is 12.9. The van der Waals surface area contributed by atoms with Gasteiger partial charge in [0.25, 0.3) is 0 Å². The second-order valence-electron chi connectivity index (χ2n) is 5.56. The van der Waals surface area contributed by atoms with Gasteiger partial charge in [0, 0.05) is 21.7 Å². The number of anilines is 1. The fourth-order valence-corrected chi connectivity index (χ4v) is 4.05. The third kappa shape index (κ3) is 5.89. The highest BCUT2D eigenvalue weighted by Gasteiger charge is 2.11. The number of ketones is 1. The molecule has 0 bridgehead atoms. The first-order valence-corrected chi connectivity index (χ1v) is 10.2. The molecule has 0 unspecified atom stereocenters. The standard InChI is InChI=1S/C19H14ClFN2O2S2/c20-13-3-7-15(8-4-13)22-18(25)9-16-10-26-19(23-16)27-11-17(24)12-1-5-14(21)6-2-12/h1-8,10H,9,11H2,(H,22,25). The summed E-state index contributed by atoms with van der Waals surface area (Å²) in [6.07, 6.45) is 0.144. The molecule has 27 heavy (non-hydrogen) atoms. The summed E-state index contributed by atoms with van der Waals surface area (Å²) >= 11 is 8.49. The van der Waals surface area contributed by atoms with Gasteiger partial charge in [-0.15, -0.1) is 11.3 Å². The van der Waals surface area contributed by atoms with Gasteiger partial charge in [-0.2, -0.15) is 0 Å². The zero-order valence-electron chi connectivity index (χ0n) is 13.9. The lowest BCUT2D eigenvalue weighted by Crippen LogP contribution is -2.14. The molecule has 0 aliphatic rings. The molecule has 3 rings (SSSR count). The van der Waals surface area contributed by atoms with Gasteiger partial charge in [-0.05, 0) is 48.5 Å². The zero-order chi connectivity index (χ0) is 19.2. The highest BCUT2D eigenvalue weighted by molar-refractivity contribution is 8.01. The lowest BCUT2D eigenvalue weighted by Gasteiger charge is -2.03. The van der Waals surface area contributed by atoms with Crippen LogP contribution in [0.15, 0.2) is 58.3 Å². The Morgan fingerprint density at radius 3 is 2.52 bits per heavy atom. The van der Waals surface area contributed by atoms with Crippen LogP contribution in [0.25, 0.3) is 0 Å². The Balaban J connectivity index is 1.50. The van der Waals surface area contributed by atoms with Crippen LogP contribution >= 0.6 is 34.7 Å². The molecule has 1 heterocycles. The molecule has 0 saturated heterocycles. The molecule has 1 amide bonds. The summed E-state index contributed by atoms with van der Waals surface area (Å²) in [6.45, 7) is 0. The van der Waals surface area contributed by atoms with Crippen LogP contribution in [0, 0.1) is 5.82 Å². The maximum Gasteiger partial charge on any atom is 0.230 e. The molecule has 4 nitrogen and oxygen atoms in total. The quantitative estimate of drug-likeness (QED) is 0.427. The van der Waals surface area contributed by atoms with Crippen molar-refractivity contribution in [3.05, 3.63) is 76.0 Å². The monoisotopic (exact) mass is 420 g/mol. The Morgan fingerprint density at radius 1 is 1.11 bits per heavy atom. The van der Waals surface area contributed by atoms with Gasteiger partial charge < -0.3 is 5.32 Å². The van der Waals surface area contributed by atoms with Crippen LogP contribution in [0.4, 0.5) is 10.1 Å². The highest BCUT2D eigenvalue weighted by atomic mass is 35.5. The number of thioether (sulfide) groups is 1. The molecular formula is C19H14ClFN2O2S2. The molecular weight excluding hydrogens is 407 g/mol. The summed E-state index contributed by atoms with van der Waals surface area (Å²) in [6, 6.07) is 12.3. The largest absolute Gasteiger partial charge is 0.326 e. The van der Waals surface area contributed by atoms with E-state index in [1.807, 2.05) is 0 Å². The molecule has 8 heteroatoms. The van der Waals surface area contributed by atoms with Crippen LogP contribution in [-0.4, -0.2) is 22.4 Å². The predicted octanol–water partition coefficient (Wildman–Crippen LogP) is 5.09. The van der Waals surface area contributed by atoms with E-state index in [9.17, 15) is 14.0 Å². The molecule has 0 saturated carbocycles. The first kappa shape index (κ1) is 19.5. The van der Waals surface area contributed by atoms with Crippen LogP contribution in [-0.2, 0) is 11.2 Å². The molecule has 2 aromatic carbocycles. The Kier molecular flexibility index (Phi) is 6.60. The molecule has 0 aliphatic carbocycles. The summed E-state index contributed by atoms with van der Waals surface area (Å²) in [4.78, 5) is 28.6. The molecule has 0 fully saturated rings. The number of aromatic nitrogens is 1. The second-order valence-corrected chi connectivity index (χ2v) is 8.07. The van der Waals surface area contributed by atoms with Crippen molar-refractivity contribution >= 4 is 52.1 Å². The molecule has 1 aromatic heterocycles. The van der Waals surface area contributed by atoms with Crippen LogP contribution < -0.4 is 5.32 Å². The van der Waals surface area contributed by atoms with E-state index in [1.165, 1.54) is 47.4 Å². The number of hydrogen-bond donors (Lipinski definition) is 1.